The molecule has 0 radical (unpaired) electrons. The Labute approximate surface area is 212 Å². The minimum Gasteiger partial charge on any atom is -0.489 e. The van der Waals surface area contributed by atoms with Gasteiger partial charge in [-0.1, -0.05) is 36.4 Å². The van der Waals surface area contributed by atoms with Crippen molar-refractivity contribution in [3.63, 3.8) is 0 Å². The zero-order valence-corrected chi connectivity index (χ0v) is 20.3. The van der Waals surface area contributed by atoms with Crippen LogP contribution in [0.1, 0.15) is 36.9 Å². The van der Waals surface area contributed by atoms with Crippen molar-refractivity contribution >= 4 is 40.1 Å². The number of esters is 1. The molecule has 0 aliphatic heterocycles. The van der Waals surface area contributed by atoms with Gasteiger partial charge in [0.1, 0.15) is 35.0 Å². The van der Waals surface area contributed by atoms with Crippen LogP contribution in [0.15, 0.2) is 101 Å². The van der Waals surface area contributed by atoms with E-state index in [4.69, 9.17) is 13.9 Å². The van der Waals surface area contributed by atoms with Gasteiger partial charge in [-0.25, -0.2) is 4.79 Å². The molecule has 0 aliphatic carbocycles. The summed E-state index contributed by atoms with van der Waals surface area (Å²) in [5.41, 5.74) is 2.47. The highest BCUT2D eigenvalue weighted by Gasteiger charge is 2.21. The SMILES string of the molecule is Cc1oc2ccc(OCc3ccccc3)cc2c1C(=O)Oc1ccc(C(=O)/C=C/c2cccs2)cc1. The van der Waals surface area contributed by atoms with Crippen LogP contribution in [-0.2, 0) is 6.61 Å². The highest BCUT2D eigenvalue weighted by Crippen LogP contribution is 2.30. The molecule has 178 valence electrons. The van der Waals surface area contributed by atoms with E-state index in [0.717, 1.165) is 10.4 Å². The molecule has 0 atom stereocenters. The van der Waals surface area contributed by atoms with Crippen LogP contribution in [0, 0.1) is 6.92 Å². The normalized spacial score (nSPS) is 11.1. The number of hydrogen-bond donors (Lipinski definition) is 0. The number of thiophene rings is 1. The Morgan fingerprint density at radius 2 is 1.69 bits per heavy atom. The Morgan fingerprint density at radius 1 is 0.917 bits per heavy atom. The Balaban J connectivity index is 1.29. The fourth-order valence-electron chi connectivity index (χ4n) is 3.77. The summed E-state index contributed by atoms with van der Waals surface area (Å²) in [6, 6.07) is 25.6. The number of furan rings is 1. The monoisotopic (exact) mass is 494 g/mol. The Morgan fingerprint density at radius 3 is 2.44 bits per heavy atom. The third-order valence-corrected chi connectivity index (χ3v) is 6.42. The maximum absolute atomic E-state index is 13.1. The van der Waals surface area contributed by atoms with Crippen LogP contribution in [0.5, 0.6) is 11.5 Å². The number of ketones is 1. The molecule has 36 heavy (non-hydrogen) atoms. The van der Waals surface area contributed by atoms with Gasteiger partial charge in [0.05, 0.1) is 0 Å². The highest BCUT2D eigenvalue weighted by atomic mass is 32.1. The van der Waals surface area contributed by atoms with Crippen LogP contribution in [0.4, 0.5) is 0 Å². The van der Waals surface area contributed by atoms with E-state index in [1.54, 1.807) is 60.7 Å². The minimum atomic E-state index is -0.539. The molecule has 5 aromatic rings. The molecular formula is C30H22O5S. The van der Waals surface area contributed by atoms with E-state index in [2.05, 4.69) is 0 Å². The number of ether oxygens (including phenoxy) is 2. The summed E-state index contributed by atoms with van der Waals surface area (Å²) in [7, 11) is 0. The molecule has 0 spiro atoms. The molecule has 0 fully saturated rings. The van der Waals surface area contributed by atoms with Crippen molar-refractivity contribution < 1.29 is 23.5 Å². The van der Waals surface area contributed by atoms with E-state index in [0.29, 0.717) is 46.0 Å². The van der Waals surface area contributed by atoms with Crippen molar-refractivity contribution in [1.82, 2.24) is 0 Å². The van der Waals surface area contributed by atoms with Crippen molar-refractivity contribution in [2.75, 3.05) is 0 Å². The number of hydrogen-bond acceptors (Lipinski definition) is 6. The Kier molecular flexibility index (Phi) is 6.78. The molecule has 0 N–H and O–H groups in total. The fraction of sp³-hybridized carbons (Fsp3) is 0.0667. The predicted octanol–water partition coefficient (Wildman–Crippen LogP) is 7.50. The minimum absolute atomic E-state index is 0.124. The lowest BCUT2D eigenvalue weighted by atomic mass is 10.1. The molecule has 0 saturated carbocycles. The number of benzene rings is 3. The largest absolute Gasteiger partial charge is 0.489 e. The van der Waals surface area contributed by atoms with Crippen molar-refractivity contribution in [3.8, 4) is 11.5 Å². The number of fused-ring (bicyclic) bond motifs is 1. The molecule has 0 saturated heterocycles. The third kappa shape index (κ3) is 5.29. The molecule has 0 amide bonds. The summed E-state index contributed by atoms with van der Waals surface area (Å²) in [4.78, 5) is 26.5. The molecule has 0 unspecified atom stereocenters. The van der Waals surface area contributed by atoms with Gasteiger partial charge in [-0.3, -0.25) is 4.79 Å². The highest BCUT2D eigenvalue weighted by molar-refractivity contribution is 7.10. The third-order valence-electron chi connectivity index (χ3n) is 5.58. The van der Waals surface area contributed by atoms with Gasteiger partial charge < -0.3 is 13.9 Å². The van der Waals surface area contributed by atoms with Gasteiger partial charge in [-0.15, -0.1) is 11.3 Å². The summed E-state index contributed by atoms with van der Waals surface area (Å²) < 4.78 is 17.3. The van der Waals surface area contributed by atoms with Crippen molar-refractivity contribution in [2.24, 2.45) is 0 Å². The maximum Gasteiger partial charge on any atom is 0.347 e. The van der Waals surface area contributed by atoms with Crippen LogP contribution in [0.25, 0.3) is 17.0 Å². The van der Waals surface area contributed by atoms with Crippen LogP contribution < -0.4 is 9.47 Å². The lowest BCUT2D eigenvalue weighted by Gasteiger charge is -2.07. The lowest BCUT2D eigenvalue weighted by Crippen LogP contribution is -2.09. The number of rotatable bonds is 8. The first kappa shape index (κ1) is 23.3. The molecule has 2 aromatic heterocycles. The predicted molar refractivity (Wildman–Crippen MR) is 141 cm³/mol. The van der Waals surface area contributed by atoms with Crippen molar-refractivity contribution in [1.29, 1.82) is 0 Å². The van der Waals surface area contributed by atoms with E-state index in [1.165, 1.54) is 6.08 Å². The molecule has 2 heterocycles. The fourth-order valence-corrected chi connectivity index (χ4v) is 4.39. The van der Waals surface area contributed by atoms with E-state index < -0.39 is 5.97 Å². The average Bonchev–Trinajstić information content (AvgIpc) is 3.53. The average molecular weight is 495 g/mol. The van der Waals surface area contributed by atoms with E-state index in [9.17, 15) is 9.59 Å². The van der Waals surface area contributed by atoms with Crippen LogP contribution in [-0.4, -0.2) is 11.8 Å². The zero-order valence-electron chi connectivity index (χ0n) is 19.5. The summed E-state index contributed by atoms with van der Waals surface area (Å²) >= 11 is 1.56. The number of aryl methyl sites for hydroxylation is 1. The van der Waals surface area contributed by atoms with Gasteiger partial charge in [-0.05, 0) is 78.6 Å². The van der Waals surface area contributed by atoms with Crippen LogP contribution >= 0.6 is 11.3 Å². The molecule has 5 nitrogen and oxygen atoms in total. The second-order valence-corrected chi connectivity index (χ2v) is 9.07. The molecule has 6 heteroatoms. The Hall–Kier alpha value is -4.42. The molecule has 0 bridgehead atoms. The summed E-state index contributed by atoms with van der Waals surface area (Å²) in [5, 5.41) is 2.57. The first-order valence-electron chi connectivity index (χ1n) is 11.3. The van der Waals surface area contributed by atoms with Crippen molar-refractivity contribution in [2.45, 2.75) is 13.5 Å². The zero-order chi connectivity index (χ0) is 24.9. The van der Waals surface area contributed by atoms with Crippen LogP contribution in [0.2, 0.25) is 0 Å². The van der Waals surface area contributed by atoms with Crippen LogP contribution in [0.3, 0.4) is 0 Å². The van der Waals surface area contributed by atoms with Gasteiger partial charge >= 0.3 is 5.97 Å². The molecule has 0 aliphatic rings. The summed E-state index contributed by atoms with van der Waals surface area (Å²) in [6.07, 6.45) is 3.32. The Bertz CT molecular complexity index is 1530. The second-order valence-electron chi connectivity index (χ2n) is 8.09. The van der Waals surface area contributed by atoms with Gasteiger partial charge in [-0.2, -0.15) is 0 Å². The van der Waals surface area contributed by atoms with Gasteiger partial charge in [0.25, 0.3) is 0 Å². The standard InChI is InChI=1S/C30H22O5S/c1-20-29(26-18-24(13-16-28(26)34-20)33-19-21-6-3-2-4-7-21)30(32)35-23-11-9-22(10-12-23)27(31)15-14-25-8-5-17-36-25/h2-18H,19H2,1H3/b15-14+. The molecular weight excluding hydrogens is 472 g/mol. The first-order valence-corrected chi connectivity index (χ1v) is 12.2. The van der Waals surface area contributed by atoms with E-state index in [1.807, 2.05) is 53.9 Å². The smallest absolute Gasteiger partial charge is 0.347 e. The summed E-state index contributed by atoms with van der Waals surface area (Å²) in [5.74, 6) is 0.758. The molecule has 5 rings (SSSR count). The van der Waals surface area contributed by atoms with E-state index in [-0.39, 0.29) is 5.78 Å². The maximum atomic E-state index is 13.1. The topological polar surface area (TPSA) is 65.7 Å². The quantitative estimate of drug-likeness (QED) is 0.0967. The number of allylic oxidation sites excluding steroid dienone is 1. The summed E-state index contributed by atoms with van der Waals surface area (Å²) in [6.45, 7) is 2.14. The molecule has 3 aromatic carbocycles. The van der Waals surface area contributed by atoms with Gasteiger partial charge in [0, 0.05) is 15.8 Å². The first-order chi connectivity index (χ1) is 17.6. The van der Waals surface area contributed by atoms with Gasteiger partial charge in [0.2, 0.25) is 0 Å². The number of carbonyl (C=O) groups excluding carboxylic acids is 2. The van der Waals surface area contributed by atoms with Gasteiger partial charge in [0.15, 0.2) is 5.78 Å². The van der Waals surface area contributed by atoms with E-state index >= 15 is 0 Å². The number of carbonyl (C=O) groups is 2. The van der Waals surface area contributed by atoms with Crippen molar-refractivity contribution in [3.05, 3.63) is 124 Å². The second kappa shape index (κ2) is 10.5. The lowest BCUT2D eigenvalue weighted by molar-refractivity contribution is 0.0734.